The van der Waals surface area contributed by atoms with Crippen molar-refractivity contribution >= 4 is 22.9 Å². The van der Waals surface area contributed by atoms with Gasteiger partial charge in [-0.15, -0.1) is 11.3 Å². The Hall–Kier alpha value is -1.92. The molecule has 3 heterocycles. The van der Waals surface area contributed by atoms with E-state index in [1.165, 1.54) is 17.8 Å². The molecule has 0 radical (unpaired) electrons. The molecule has 3 unspecified atom stereocenters. The lowest BCUT2D eigenvalue weighted by Crippen LogP contribution is -2.42. The SMILES string of the molecule is Nc1ccc(-c2cnc(C(=O)NC3CC4CCC3N4)s2)cc1. The average Bonchev–Trinajstić information content (AvgIpc) is 3.24. The van der Waals surface area contributed by atoms with Gasteiger partial charge >= 0.3 is 0 Å². The topological polar surface area (TPSA) is 80.0 Å². The van der Waals surface area contributed by atoms with Crippen LogP contribution in [0.3, 0.4) is 0 Å². The molecule has 2 aliphatic heterocycles. The van der Waals surface area contributed by atoms with E-state index in [4.69, 9.17) is 5.73 Å². The molecule has 22 heavy (non-hydrogen) atoms. The number of nitrogens with two attached hydrogens (primary N) is 1. The molecule has 2 fully saturated rings. The molecule has 1 amide bonds. The van der Waals surface area contributed by atoms with Crippen molar-refractivity contribution in [2.24, 2.45) is 0 Å². The minimum Gasteiger partial charge on any atom is -0.399 e. The zero-order valence-corrected chi connectivity index (χ0v) is 12.9. The van der Waals surface area contributed by atoms with E-state index in [0.29, 0.717) is 17.1 Å². The number of carbonyl (C=O) groups excluding carboxylic acids is 1. The summed E-state index contributed by atoms with van der Waals surface area (Å²) in [5, 5.41) is 7.18. The van der Waals surface area contributed by atoms with Gasteiger partial charge in [-0.3, -0.25) is 4.79 Å². The Morgan fingerprint density at radius 3 is 2.82 bits per heavy atom. The van der Waals surface area contributed by atoms with Gasteiger partial charge in [0, 0.05) is 30.0 Å². The van der Waals surface area contributed by atoms with E-state index in [0.717, 1.165) is 29.0 Å². The fourth-order valence-corrected chi connectivity index (χ4v) is 4.20. The van der Waals surface area contributed by atoms with Gasteiger partial charge in [0.1, 0.15) is 0 Å². The van der Waals surface area contributed by atoms with E-state index in [1.54, 1.807) is 6.20 Å². The second-order valence-electron chi connectivity index (χ2n) is 6.01. The summed E-state index contributed by atoms with van der Waals surface area (Å²) < 4.78 is 0. The summed E-state index contributed by atoms with van der Waals surface area (Å²) in [6, 6.07) is 8.87. The van der Waals surface area contributed by atoms with Crippen LogP contribution in [0.1, 0.15) is 29.1 Å². The summed E-state index contributed by atoms with van der Waals surface area (Å²) >= 11 is 1.42. The smallest absolute Gasteiger partial charge is 0.280 e. The van der Waals surface area contributed by atoms with Gasteiger partial charge < -0.3 is 16.4 Å². The lowest BCUT2D eigenvalue weighted by Gasteiger charge is -2.20. The summed E-state index contributed by atoms with van der Waals surface area (Å²) in [5.41, 5.74) is 7.46. The average molecular weight is 314 g/mol. The number of nitrogen functional groups attached to an aromatic ring is 1. The van der Waals surface area contributed by atoms with E-state index in [9.17, 15) is 4.79 Å². The first-order valence-corrected chi connectivity index (χ1v) is 8.39. The van der Waals surface area contributed by atoms with Crippen molar-refractivity contribution in [3.8, 4) is 10.4 Å². The summed E-state index contributed by atoms with van der Waals surface area (Å²) in [4.78, 5) is 17.6. The van der Waals surface area contributed by atoms with Crippen LogP contribution in [0.4, 0.5) is 5.69 Å². The second-order valence-corrected chi connectivity index (χ2v) is 7.05. The van der Waals surface area contributed by atoms with Crippen LogP contribution in [0.5, 0.6) is 0 Å². The highest BCUT2D eigenvalue weighted by Crippen LogP contribution is 2.30. The fraction of sp³-hybridized carbons (Fsp3) is 0.375. The van der Waals surface area contributed by atoms with Crippen molar-refractivity contribution in [2.45, 2.75) is 37.4 Å². The molecule has 0 saturated carbocycles. The number of nitrogens with zero attached hydrogens (tertiary/aromatic N) is 1. The molecule has 2 aliphatic rings. The Kier molecular flexibility index (Phi) is 3.35. The lowest BCUT2D eigenvalue weighted by atomic mass is 9.95. The first-order chi connectivity index (χ1) is 10.7. The van der Waals surface area contributed by atoms with Crippen LogP contribution < -0.4 is 16.4 Å². The van der Waals surface area contributed by atoms with Crippen molar-refractivity contribution in [2.75, 3.05) is 5.73 Å². The zero-order valence-electron chi connectivity index (χ0n) is 12.1. The van der Waals surface area contributed by atoms with Crippen LogP contribution in [-0.4, -0.2) is 29.0 Å². The maximum atomic E-state index is 12.4. The monoisotopic (exact) mass is 314 g/mol. The van der Waals surface area contributed by atoms with Gasteiger partial charge in [-0.25, -0.2) is 4.98 Å². The third kappa shape index (κ3) is 2.48. The van der Waals surface area contributed by atoms with Crippen LogP contribution in [0, 0.1) is 0 Å². The number of thiazole rings is 1. The number of hydrogen-bond acceptors (Lipinski definition) is 5. The van der Waals surface area contributed by atoms with Crippen molar-refractivity contribution in [3.05, 3.63) is 35.5 Å². The summed E-state index contributed by atoms with van der Waals surface area (Å²) in [6.45, 7) is 0. The number of hydrogen-bond donors (Lipinski definition) is 3. The van der Waals surface area contributed by atoms with Gasteiger partial charge in [0.25, 0.3) is 5.91 Å². The minimum atomic E-state index is -0.0638. The van der Waals surface area contributed by atoms with Gasteiger partial charge in [-0.2, -0.15) is 0 Å². The highest BCUT2D eigenvalue weighted by atomic mass is 32.1. The Balaban J connectivity index is 1.46. The molecule has 2 saturated heterocycles. The first-order valence-electron chi connectivity index (χ1n) is 7.58. The Morgan fingerprint density at radius 1 is 1.32 bits per heavy atom. The molecule has 2 bridgehead atoms. The summed E-state index contributed by atoms with van der Waals surface area (Å²) in [7, 11) is 0. The minimum absolute atomic E-state index is 0.0638. The maximum absolute atomic E-state index is 12.4. The van der Waals surface area contributed by atoms with Crippen molar-refractivity contribution in [3.63, 3.8) is 0 Å². The van der Waals surface area contributed by atoms with Crippen LogP contribution in [0.15, 0.2) is 30.5 Å². The Labute approximate surface area is 132 Å². The number of nitrogens with one attached hydrogen (secondary N) is 2. The third-order valence-corrected chi connectivity index (χ3v) is 5.56. The largest absolute Gasteiger partial charge is 0.399 e. The number of aromatic nitrogens is 1. The number of amides is 1. The highest BCUT2D eigenvalue weighted by Gasteiger charge is 2.39. The molecule has 2 aromatic rings. The number of anilines is 1. The molecule has 1 aromatic heterocycles. The van der Waals surface area contributed by atoms with Gasteiger partial charge in [-0.1, -0.05) is 12.1 Å². The van der Waals surface area contributed by atoms with E-state index in [-0.39, 0.29) is 11.9 Å². The van der Waals surface area contributed by atoms with Gasteiger partial charge in [-0.05, 0) is 37.0 Å². The van der Waals surface area contributed by atoms with E-state index < -0.39 is 0 Å². The molecule has 3 atom stereocenters. The maximum Gasteiger partial charge on any atom is 0.280 e. The van der Waals surface area contributed by atoms with Gasteiger partial charge in [0.05, 0.1) is 4.88 Å². The number of rotatable bonds is 3. The fourth-order valence-electron chi connectivity index (χ4n) is 3.37. The Bertz CT molecular complexity index is 696. The molecule has 114 valence electrons. The standard InChI is InChI=1S/C16H18N4OS/c17-10-3-1-9(2-4-10)14-8-18-16(22-14)15(21)20-13-7-11-5-6-12(13)19-11/h1-4,8,11-13,19H,5-7,17H2,(H,20,21). The molecule has 5 nitrogen and oxygen atoms in total. The number of benzene rings is 1. The molecule has 0 spiro atoms. The molecule has 1 aromatic carbocycles. The predicted molar refractivity (Wildman–Crippen MR) is 87.8 cm³/mol. The lowest BCUT2D eigenvalue weighted by molar-refractivity contribution is 0.0930. The van der Waals surface area contributed by atoms with Gasteiger partial charge in [0.2, 0.25) is 0 Å². The van der Waals surface area contributed by atoms with Crippen molar-refractivity contribution < 1.29 is 4.79 Å². The second kappa shape index (κ2) is 5.37. The molecular formula is C16H18N4OS. The van der Waals surface area contributed by atoms with Crippen LogP contribution in [0.2, 0.25) is 0 Å². The molecule has 4 rings (SSSR count). The van der Waals surface area contributed by atoms with E-state index in [1.807, 2.05) is 24.3 Å². The van der Waals surface area contributed by atoms with E-state index in [2.05, 4.69) is 15.6 Å². The third-order valence-electron chi connectivity index (χ3n) is 4.51. The summed E-state index contributed by atoms with van der Waals surface area (Å²) in [5.74, 6) is -0.0638. The van der Waals surface area contributed by atoms with Crippen LogP contribution >= 0.6 is 11.3 Å². The zero-order chi connectivity index (χ0) is 15.1. The van der Waals surface area contributed by atoms with Crippen LogP contribution in [-0.2, 0) is 0 Å². The van der Waals surface area contributed by atoms with E-state index >= 15 is 0 Å². The summed E-state index contributed by atoms with van der Waals surface area (Å²) in [6.07, 6.45) is 5.18. The Morgan fingerprint density at radius 2 is 2.14 bits per heavy atom. The quantitative estimate of drug-likeness (QED) is 0.757. The molecule has 6 heteroatoms. The first kappa shape index (κ1) is 13.7. The normalized spacial score (nSPS) is 26.3. The van der Waals surface area contributed by atoms with Gasteiger partial charge in [0.15, 0.2) is 5.01 Å². The number of fused-ring (bicyclic) bond motifs is 2. The number of carbonyl (C=O) groups is 1. The highest BCUT2D eigenvalue weighted by molar-refractivity contribution is 7.16. The van der Waals surface area contributed by atoms with Crippen LogP contribution in [0.25, 0.3) is 10.4 Å². The predicted octanol–water partition coefficient (Wildman–Crippen LogP) is 2.01. The molecule has 4 N–H and O–H groups in total. The molecular weight excluding hydrogens is 296 g/mol. The molecule has 0 aliphatic carbocycles. The van der Waals surface area contributed by atoms with Crippen molar-refractivity contribution in [1.82, 2.24) is 15.6 Å². The van der Waals surface area contributed by atoms with Crippen molar-refractivity contribution in [1.29, 1.82) is 0 Å².